The molecular weight excluding hydrogens is 282 g/mol. The molecule has 2 aliphatic rings. The lowest BCUT2D eigenvalue weighted by Crippen LogP contribution is -2.50. The van der Waals surface area contributed by atoms with Crippen LogP contribution in [-0.2, 0) is 4.79 Å². The van der Waals surface area contributed by atoms with Gasteiger partial charge in [0.15, 0.2) is 0 Å². The first-order valence-corrected chi connectivity index (χ1v) is 7.56. The zero-order valence-electron chi connectivity index (χ0n) is 12.8. The Balaban J connectivity index is 1.78. The molecule has 2 heterocycles. The third-order valence-electron chi connectivity index (χ3n) is 4.71. The van der Waals surface area contributed by atoms with E-state index in [1.807, 2.05) is 19.9 Å². The van der Waals surface area contributed by atoms with Gasteiger partial charge >= 0.3 is 0 Å². The normalized spacial score (nSPS) is 27.7. The van der Waals surface area contributed by atoms with Gasteiger partial charge < -0.3 is 20.6 Å². The van der Waals surface area contributed by atoms with Crippen LogP contribution in [0.15, 0.2) is 18.2 Å². The lowest BCUT2D eigenvalue weighted by Gasteiger charge is -2.41. The van der Waals surface area contributed by atoms with Crippen molar-refractivity contribution in [3.05, 3.63) is 23.8 Å². The summed E-state index contributed by atoms with van der Waals surface area (Å²) in [4.78, 5) is 25.8. The minimum absolute atomic E-state index is 0.0317. The van der Waals surface area contributed by atoms with Gasteiger partial charge in [-0.3, -0.25) is 9.59 Å². The molecule has 6 nitrogen and oxygen atoms in total. The van der Waals surface area contributed by atoms with Crippen LogP contribution >= 0.6 is 0 Å². The molecule has 1 saturated heterocycles. The highest BCUT2D eigenvalue weighted by Gasteiger charge is 2.36. The van der Waals surface area contributed by atoms with E-state index in [9.17, 15) is 14.7 Å². The second kappa shape index (κ2) is 5.28. The van der Waals surface area contributed by atoms with Crippen LogP contribution in [0.2, 0.25) is 0 Å². The van der Waals surface area contributed by atoms with Crippen molar-refractivity contribution >= 4 is 23.2 Å². The Labute approximate surface area is 129 Å². The summed E-state index contributed by atoms with van der Waals surface area (Å²) in [6.45, 7) is 5.10. The molecule has 1 fully saturated rings. The van der Waals surface area contributed by atoms with Crippen molar-refractivity contribution in [2.45, 2.75) is 25.9 Å². The van der Waals surface area contributed by atoms with Gasteiger partial charge in [-0.2, -0.15) is 0 Å². The van der Waals surface area contributed by atoms with Crippen molar-refractivity contribution in [3.63, 3.8) is 0 Å². The first kappa shape index (κ1) is 14.8. The van der Waals surface area contributed by atoms with Gasteiger partial charge in [0.05, 0.1) is 23.5 Å². The van der Waals surface area contributed by atoms with Crippen molar-refractivity contribution < 1.29 is 14.7 Å². The number of carbonyl (C=O) groups is 2. The van der Waals surface area contributed by atoms with Crippen LogP contribution < -0.4 is 10.6 Å². The molecule has 0 saturated carbocycles. The molecule has 0 spiro atoms. The molecule has 2 amide bonds. The van der Waals surface area contributed by atoms with E-state index in [-0.39, 0.29) is 24.3 Å². The first-order valence-electron chi connectivity index (χ1n) is 7.56. The van der Waals surface area contributed by atoms with Gasteiger partial charge in [0.2, 0.25) is 5.91 Å². The fourth-order valence-corrected chi connectivity index (χ4v) is 2.90. The smallest absolute Gasteiger partial charge is 0.253 e. The Morgan fingerprint density at radius 3 is 2.91 bits per heavy atom. The number of likely N-dealkylation sites (tertiary alicyclic amines) is 1. The second-order valence-electron chi connectivity index (χ2n) is 6.42. The second-order valence-corrected chi connectivity index (χ2v) is 6.42. The third kappa shape index (κ3) is 2.66. The molecule has 0 radical (unpaired) electrons. The Hall–Kier alpha value is -2.08. The molecule has 2 aliphatic heterocycles. The summed E-state index contributed by atoms with van der Waals surface area (Å²) in [5.74, 6) is -0.145. The molecule has 0 unspecified atom stereocenters. The van der Waals surface area contributed by atoms with Crippen LogP contribution in [0.5, 0.6) is 0 Å². The van der Waals surface area contributed by atoms with E-state index < -0.39 is 5.60 Å². The molecule has 1 aromatic carbocycles. The van der Waals surface area contributed by atoms with E-state index in [0.29, 0.717) is 30.8 Å². The fourth-order valence-electron chi connectivity index (χ4n) is 2.90. The van der Waals surface area contributed by atoms with Gasteiger partial charge in [-0.1, -0.05) is 6.92 Å². The van der Waals surface area contributed by atoms with Crippen LogP contribution in [0.4, 0.5) is 11.4 Å². The Bertz CT molecular complexity index is 627. The van der Waals surface area contributed by atoms with Crippen molar-refractivity contribution in [2.24, 2.45) is 5.92 Å². The number of benzene rings is 1. The van der Waals surface area contributed by atoms with E-state index in [2.05, 4.69) is 10.6 Å². The van der Waals surface area contributed by atoms with Gasteiger partial charge in [0.25, 0.3) is 5.91 Å². The summed E-state index contributed by atoms with van der Waals surface area (Å²) in [6.07, 6.45) is 0.573. The molecule has 118 valence electrons. The summed E-state index contributed by atoms with van der Waals surface area (Å²) in [6, 6.07) is 5.29. The number of fused-ring (bicyclic) bond motifs is 1. The summed E-state index contributed by atoms with van der Waals surface area (Å²) < 4.78 is 0. The van der Waals surface area contributed by atoms with E-state index in [4.69, 9.17) is 0 Å². The zero-order chi connectivity index (χ0) is 15.9. The van der Waals surface area contributed by atoms with E-state index in [1.54, 1.807) is 17.0 Å². The summed E-state index contributed by atoms with van der Waals surface area (Å²) in [5, 5.41) is 16.0. The van der Waals surface area contributed by atoms with Crippen molar-refractivity contribution in [2.75, 3.05) is 30.3 Å². The molecule has 0 bridgehead atoms. The number of amides is 2. The predicted octanol–water partition coefficient (Wildman–Crippen LogP) is 1.28. The van der Waals surface area contributed by atoms with Gasteiger partial charge in [0.1, 0.15) is 0 Å². The number of anilines is 2. The summed E-state index contributed by atoms with van der Waals surface area (Å²) >= 11 is 0. The SMILES string of the molecule is C[C@@H]1CN(C(=O)c2ccc3c(c2)NC(=O)CN3)CC[C@]1(C)O. The highest BCUT2D eigenvalue weighted by atomic mass is 16.3. The van der Waals surface area contributed by atoms with Gasteiger partial charge in [-0.05, 0) is 31.5 Å². The van der Waals surface area contributed by atoms with Crippen LogP contribution in [-0.4, -0.2) is 47.1 Å². The van der Waals surface area contributed by atoms with Crippen LogP contribution in [0.3, 0.4) is 0 Å². The quantitative estimate of drug-likeness (QED) is 0.730. The molecule has 3 N–H and O–H groups in total. The Morgan fingerprint density at radius 2 is 2.18 bits per heavy atom. The minimum Gasteiger partial charge on any atom is -0.390 e. The summed E-state index contributed by atoms with van der Waals surface area (Å²) in [5.41, 5.74) is 1.30. The van der Waals surface area contributed by atoms with Gasteiger partial charge in [-0.25, -0.2) is 0 Å². The average molecular weight is 303 g/mol. The van der Waals surface area contributed by atoms with Crippen molar-refractivity contribution in [1.82, 2.24) is 4.90 Å². The van der Waals surface area contributed by atoms with Crippen LogP contribution in [0.1, 0.15) is 30.6 Å². The van der Waals surface area contributed by atoms with Gasteiger partial charge in [0, 0.05) is 24.6 Å². The van der Waals surface area contributed by atoms with Gasteiger partial charge in [-0.15, -0.1) is 0 Å². The predicted molar refractivity (Wildman–Crippen MR) is 83.9 cm³/mol. The van der Waals surface area contributed by atoms with Crippen LogP contribution in [0, 0.1) is 5.92 Å². The number of nitrogens with one attached hydrogen (secondary N) is 2. The average Bonchev–Trinajstić information content (AvgIpc) is 2.48. The highest BCUT2D eigenvalue weighted by molar-refractivity contribution is 6.03. The number of piperidine rings is 1. The molecule has 0 aromatic heterocycles. The number of hydrogen-bond donors (Lipinski definition) is 3. The fraction of sp³-hybridized carbons (Fsp3) is 0.500. The highest BCUT2D eigenvalue weighted by Crippen LogP contribution is 2.30. The number of rotatable bonds is 1. The topological polar surface area (TPSA) is 81.7 Å². The Morgan fingerprint density at radius 1 is 1.41 bits per heavy atom. The number of nitrogens with zero attached hydrogens (tertiary/aromatic N) is 1. The van der Waals surface area contributed by atoms with E-state index in [0.717, 1.165) is 5.69 Å². The molecule has 0 aliphatic carbocycles. The lowest BCUT2D eigenvalue weighted by atomic mass is 9.84. The molecule has 6 heteroatoms. The van der Waals surface area contributed by atoms with Crippen LogP contribution in [0.25, 0.3) is 0 Å². The number of carbonyl (C=O) groups excluding carboxylic acids is 2. The van der Waals surface area contributed by atoms with E-state index >= 15 is 0 Å². The Kier molecular flexibility index (Phi) is 3.56. The molecule has 2 atom stereocenters. The van der Waals surface area contributed by atoms with Crippen molar-refractivity contribution in [1.29, 1.82) is 0 Å². The summed E-state index contributed by atoms with van der Waals surface area (Å²) in [7, 11) is 0. The van der Waals surface area contributed by atoms with Crippen molar-refractivity contribution in [3.8, 4) is 0 Å². The largest absolute Gasteiger partial charge is 0.390 e. The third-order valence-corrected chi connectivity index (χ3v) is 4.71. The standard InChI is InChI=1S/C16H21N3O3/c1-10-9-19(6-5-16(10,2)22)15(21)11-3-4-12-13(7-11)18-14(20)8-17-12/h3-4,7,10,17,22H,5-6,8-9H2,1-2H3,(H,18,20)/t10-,16+/m1/s1. The zero-order valence-corrected chi connectivity index (χ0v) is 12.8. The monoisotopic (exact) mass is 303 g/mol. The molecule has 3 rings (SSSR count). The first-order chi connectivity index (χ1) is 10.4. The minimum atomic E-state index is -0.718. The molecule has 1 aromatic rings. The molecule has 22 heavy (non-hydrogen) atoms. The number of hydrogen-bond acceptors (Lipinski definition) is 4. The lowest BCUT2D eigenvalue weighted by molar-refractivity contribution is -0.114. The molecular formula is C16H21N3O3. The van der Waals surface area contributed by atoms with E-state index in [1.165, 1.54) is 0 Å². The maximum atomic E-state index is 12.6. The maximum Gasteiger partial charge on any atom is 0.253 e. The number of aliphatic hydroxyl groups is 1. The maximum absolute atomic E-state index is 12.6.